The lowest BCUT2D eigenvalue weighted by Gasteiger charge is -2.11. The third-order valence-corrected chi connectivity index (χ3v) is 4.90. The lowest BCUT2D eigenvalue weighted by Crippen LogP contribution is -2.25. The molecular weight excluding hydrogens is 383 g/mol. The van der Waals surface area contributed by atoms with Crippen molar-refractivity contribution in [1.29, 1.82) is 0 Å². The maximum Gasteiger partial charge on any atom is 0.244 e. The number of halogens is 1. The Balaban J connectivity index is 1.89. The Kier molecular flexibility index (Phi) is 6.90. The number of hydrogen-bond donors (Lipinski definition) is 1. The summed E-state index contributed by atoms with van der Waals surface area (Å²) in [5.41, 5.74) is 3.96. The highest BCUT2D eigenvalue weighted by atomic mass is 19.1. The van der Waals surface area contributed by atoms with Crippen molar-refractivity contribution in [1.82, 2.24) is 10.2 Å². The molecule has 0 aliphatic carbocycles. The molecule has 0 aliphatic heterocycles. The van der Waals surface area contributed by atoms with Crippen molar-refractivity contribution < 1.29 is 18.3 Å². The lowest BCUT2D eigenvalue weighted by molar-refractivity contribution is -0.116. The summed E-state index contributed by atoms with van der Waals surface area (Å²) in [5.74, 6) is 0.195. The smallest absolute Gasteiger partial charge is 0.244 e. The standard InChI is InChI=1S/C24H27FN2O3/c1-16(12-24(28)26-10-5-11-27(2)3)19-13-20-21(17-6-8-18(25)9-7-17)15-30-23(20)14-22(19)29-4/h6-9,12-15H,5,10-11H2,1-4H3,(H,26,28)/b16-12+. The van der Waals surface area contributed by atoms with E-state index in [0.29, 0.717) is 17.9 Å². The van der Waals surface area contributed by atoms with Gasteiger partial charge in [0.1, 0.15) is 17.1 Å². The molecule has 1 amide bonds. The first-order valence-corrected chi connectivity index (χ1v) is 9.85. The van der Waals surface area contributed by atoms with E-state index in [1.165, 1.54) is 12.1 Å². The van der Waals surface area contributed by atoms with Gasteiger partial charge in [0, 0.05) is 35.2 Å². The van der Waals surface area contributed by atoms with Gasteiger partial charge in [-0.05, 0) is 63.3 Å². The SMILES string of the molecule is COc1cc2occ(-c3ccc(F)cc3)c2cc1/C(C)=C/C(=O)NCCCN(C)C. The number of rotatable bonds is 8. The van der Waals surface area contributed by atoms with Crippen LogP contribution in [-0.2, 0) is 4.79 Å². The number of furan rings is 1. The molecule has 6 heteroatoms. The van der Waals surface area contributed by atoms with E-state index in [1.807, 2.05) is 33.2 Å². The number of methoxy groups -OCH3 is 1. The van der Waals surface area contributed by atoms with Crippen molar-refractivity contribution in [2.24, 2.45) is 0 Å². The second-order valence-electron chi connectivity index (χ2n) is 7.48. The molecule has 1 N–H and O–H groups in total. The quantitative estimate of drug-likeness (QED) is 0.431. The van der Waals surface area contributed by atoms with Crippen LogP contribution >= 0.6 is 0 Å². The highest BCUT2D eigenvalue weighted by Crippen LogP contribution is 2.37. The Morgan fingerprint density at radius 2 is 1.97 bits per heavy atom. The zero-order valence-electron chi connectivity index (χ0n) is 17.8. The summed E-state index contributed by atoms with van der Waals surface area (Å²) in [5, 5.41) is 3.79. The van der Waals surface area contributed by atoms with Gasteiger partial charge in [-0.2, -0.15) is 0 Å². The van der Waals surface area contributed by atoms with Gasteiger partial charge >= 0.3 is 0 Å². The normalized spacial score (nSPS) is 11.9. The molecule has 2 aromatic carbocycles. The van der Waals surface area contributed by atoms with E-state index in [2.05, 4.69) is 10.2 Å². The monoisotopic (exact) mass is 410 g/mol. The van der Waals surface area contributed by atoms with Gasteiger partial charge in [0.05, 0.1) is 13.4 Å². The predicted molar refractivity (Wildman–Crippen MR) is 118 cm³/mol. The number of allylic oxidation sites excluding steroid dienone is 1. The van der Waals surface area contributed by atoms with Crippen molar-refractivity contribution >= 4 is 22.4 Å². The summed E-state index contributed by atoms with van der Waals surface area (Å²) in [6.07, 6.45) is 4.12. The number of carbonyl (C=O) groups is 1. The summed E-state index contributed by atoms with van der Waals surface area (Å²) in [4.78, 5) is 14.4. The van der Waals surface area contributed by atoms with Crippen LogP contribution in [-0.4, -0.2) is 45.1 Å². The summed E-state index contributed by atoms with van der Waals surface area (Å²) in [7, 11) is 5.60. The molecule has 3 aromatic rings. The van der Waals surface area contributed by atoms with Crippen molar-refractivity contribution in [2.45, 2.75) is 13.3 Å². The van der Waals surface area contributed by atoms with Crippen LogP contribution in [0.15, 0.2) is 53.2 Å². The Morgan fingerprint density at radius 1 is 1.23 bits per heavy atom. The van der Waals surface area contributed by atoms with Crippen LogP contribution in [0.5, 0.6) is 5.75 Å². The molecule has 0 atom stereocenters. The molecule has 0 aliphatic rings. The molecule has 5 nitrogen and oxygen atoms in total. The van der Waals surface area contributed by atoms with Crippen LogP contribution in [0.1, 0.15) is 18.9 Å². The lowest BCUT2D eigenvalue weighted by atomic mass is 9.99. The van der Waals surface area contributed by atoms with Crippen molar-refractivity contribution in [3.05, 3.63) is 60.1 Å². The number of hydrogen-bond acceptors (Lipinski definition) is 4. The van der Waals surface area contributed by atoms with Crippen molar-refractivity contribution in [3.8, 4) is 16.9 Å². The summed E-state index contributed by atoms with van der Waals surface area (Å²) in [6.45, 7) is 3.41. The largest absolute Gasteiger partial charge is 0.496 e. The average molecular weight is 410 g/mol. The van der Waals surface area contributed by atoms with Crippen molar-refractivity contribution in [2.75, 3.05) is 34.3 Å². The number of benzene rings is 2. The molecule has 0 bridgehead atoms. The number of carbonyl (C=O) groups excluding carboxylic acids is 1. The van der Waals surface area contributed by atoms with Gasteiger partial charge in [-0.15, -0.1) is 0 Å². The van der Waals surface area contributed by atoms with Crippen molar-refractivity contribution in [3.63, 3.8) is 0 Å². The maximum atomic E-state index is 13.3. The number of nitrogens with one attached hydrogen (secondary N) is 1. The van der Waals surface area contributed by atoms with Gasteiger partial charge in [-0.1, -0.05) is 12.1 Å². The van der Waals surface area contributed by atoms with E-state index < -0.39 is 0 Å². The minimum absolute atomic E-state index is 0.139. The minimum atomic E-state index is -0.288. The van der Waals surface area contributed by atoms with Crippen LogP contribution in [0, 0.1) is 5.82 Å². The predicted octanol–water partition coefficient (Wildman–Crippen LogP) is 4.72. The van der Waals surface area contributed by atoms with Crippen LogP contribution in [0.2, 0.25) is 0 Å². The molecule has 1 heterocycles. The number of fused-ring (bicyclic) bond motifs is 1. The number of amides is 1. The van der Waals surface area contributed by atoms with Gasteiger partial charge in [-0.3, -0.25) is 4.79 Å². The fraction of sp³-hybridized carbons (Fsp3) is 0.292. The van der Waals surface area contributed by atoms with Gasteiger partial charge in [-0.25, -0.2) is 4.39 Å². The first kappa shape index (κ1) is 21.6. The Labute approximate surface area is 176 Å². The molecule has 158 valence electrons. The molecular formula is C24H27FN2O3. The zero-order chi connectivity index (χ0) is 21.7. The van der Waals surface area contributed by atoms with Crippen LogP contribution in [0.25, 0.3) is 27.7 Å². The second-order valence-corrected chi connectivity index (χ2v) is 7.48. The number of nitrogens with zero attached hydrogens (tertiary/aromatic N) is 1. The van der Waals surface area contributed by atoms with E-state index >= 15 is 0 Å². The van der Waals surface area contributed by atoms with Gasteiger partial charge < -0.3 is 19.4 Å². The molecule has 1 aromatic heterocycles. The molecule has 0 fully saturated rings. The summed E-state index contributed by atoms with van der Waals surface area (Å²) in [6, 6.07) is 10.0. The van der Waals surface area contributed by atoms with E-state index in [4.69, 9.17) is 9.15 Å². The Hall–Kier alpha value is -3.12. The maximum absolute atomic E-state index is 13.3. The average Bonchev–Trinajstić information content (AvgIpc) is 3.13. The van der Waals surface area contributed by atoms with Crippen LogP contribution < -0.4 is 10.1 Å². The van der Waals surface area contributed by atoms with Gasteiger partial charge in [0.2, 0.25) is 5.91 Å². The Bertz CT molecular complexity index is 1050. The first-order chi connectivity index (χ1) is 14.4. The molecule has 0 spiro atoms. The third-order valence-electron chi connectivity index (χ3n) is 4.90. The van der Waals surface area contributed by atoms with E-state index in [1.54, 1.807) is 31.6 Å². The fourth-order valence-corrected chi connectivity index (χ4v) is 3.32. The molecule has 30 heavy (non-hydrogen) atoms. The second kappa shape index (κ2) is 9.59. The highest BCUT2D eigenvalue weighted by molar-refractivity contribution is 6.00. The van der Waals surface area contributed by atoms with Gasteiger partial charge in [0.15, 0.2) is 0 Å². The summed E-state index contributed by atoms with van der Waals surface area (Å²) < 4.78 is 24.5. The Morgan fingerprint density at radius 3 is 2.63 bits per heavy atom. The van der Waals surface area contributed by atoms with E-state index in [0.717, 1.165) is 40.6 Å². The first-order valence-electron chi connectivity index (χ1n) is 9.85. The zero-order valence-corrected chi connectivity index (χ0v) is 17.8. The molecule has 3 rings (SSSR count). The fourth-order valence-electron chi connectivity index (χ4n) is 3.32. The molecule has 0 saturated heterocycles. The van der Waals surface area contributed by atoms with Crippen LogP contribution in [0.3, 0.4) is 0 Å². The number of ether oxygens (including phenoxy) is 1. The van der Waals surface area contributed by atoms with Crippen LogP contribution in [0.4, 0.5) is 4.39 Å². The molecule has 0 radical (unpaired) electrons. The molecule has 0 saturated carbocycles. The summed E-state index contributed by atoms with van der Waals surface area (Å²) >= 11 is 0. The third kappa shape index (κ3) is 5.07. The van der Waals surface area contributed by atoms with Gasteiger partial charge in [0.25, 0.3) is 0 Å². The topological polar surface area (TPSA) is 54.7 Å². The van der Waals surface area contributed by atoms with E-state index in [9.17, 15) is 9.18 Å². The molecule has 0 unspecified atom stereocenters. The highest BCUT2D eigenvalue weighted by Gasteiger charge is 2.15. The minimum Gasteiger partial charge on any atom is -0.496 e. The van der Waals surface area contributed by atoms with E-state index in [-0.39, 0.29) is 11.7 Å².